The SMILES string of the molecule is COC(OC)c1ccc(SCc2cnc(C)s2)cc1. The van der Waals surface area contributed by atoms with Gasteiger partial charge in [0.15, 0.2) is 6.29 Å². The molecule has 102 valence electrons. The minimum absolute atomic E-state index is 0.289. The van der Waals surface area contributed by atoms with Crippen molar-refractivity contribution in [2.24, 2.45) is 0 Å². The molecule has 2 rings (SSSR count). The first kappa shape index (κ1) is 14.5. The van der Waals surface area contributed by atoms with Crippen LogP contribution in [0, 0.1) is 6.92 Å². The van der Waals surface area contributed by atoms with Crippen molar-refractivity contribution in [3.05, 3.63) is 45.9 Å². The molecule has 0 unspecified atom stereocenters. The van der Waals surface area contributed by atoms with Gasteiger partial charge in [-0.05, 0) is 19.1 Å². The first-order chi connectivity index (χ1) is 9.22. The Balaban J connectivity index is 1.95. The lowest BCUT2D eigenvalue weighted by Crippen LogP contribution is -2.02. The number of nitrogens with zero attached hydrogens (tertiary/aromatic N) is 1. The van der Waals surface area contributed by atoms with E-state index in [4.69, 9.17) is 9.47 Å². The first-order valence-electron chi connectivity index (χ1n) is 5.92. The largest absolute Gasteiger partial charge is 0.352 e. The van der Waals surface area contributed by atoms with E-state index in [1.165, 1.54) is 9.77 Å². The van der Waals surface area contributed by atoms with Gasteiger partial charge < -0.3 is 9.47 Å². The van der Waals surface area contributed by atoms with Crippen molar-refractivity contribution in [1.29, 1.82) is 0 Å². The molecular weight excluding hydrogens is 278 g/mol. The minimum atomic E-state index is -0.289. The van der Waals surface area contributed by atoms with Crippen molar-refractivity contribution < 1.29 is 9.47 Å². The summed E-state index contributed by atoms with van der Waals surface area (Å²) < 4.78 is 10.4. The van der Waals surface area contributed by atoms with E-state index in [-0.39, 0.29) is 6.29 Å². The Labute approximate surface area is 122 Å². The van der Waals surface area contributed by atoms with Crippen LogP contribution < -0.4 is 0 Å². The van der Waals surface area contributed by atoms with E-state index < -0.39 is 0 Å². The molecule has 5 heteroatoms. The fourth-order valence-corrected chi connectivity index (χ4v) is 3.43. The summed E-state index contributed by atoms with van der Waals surface area (Å²) in [6.07, 6.45) is 1.66. The van der Waals surface area contributed by atoms with E-state index >= 15 is 0 Å². The lowest BCUT2D eigenvalue weighted by atomic mass is 10.2. The van der Waals surface area contributed by atoms with Gasteiger partial charge in [-0.25, -0.2) is 4.98 Å². The maximum atomic E-state index is 5.22. The maximum absolute atomic E-state index is 5.22. The van der Waals surface area contributed by atoms with Crippen molar-refractivity contribution in [1.82, 2.24) is 4.98 Å². The number of rotatable bonds is 6. The first-order valence-corrected chi connectivity index (χ1v) is 7.73. The van der Waals surface area contributed by atoms with Gasteiger partial charge in [0.25, 0.3) is 0 Å². The third-order valence-electron chi connectivity index (χ3n) is 2.63. The summed E-state index contributed by atoms with van der Waals surface area (Å²) >= 11 is 3.56. The average Bonchev–Trinajstić information content (AvgIpc) is 2.85. The third kappa shape index (κ3) is 4.04. The second-order valence-corrected chi connectivity index (χ2v) is 6.37. The Morgan fingerprint density at radius 3 is 2.42 bits per heavy atom. The number of methoxy groups -OCH3 is 2. The fourth-order valence-electron chi connectivity index (χ4n) is 1.72. The summed E-state index contributed by atoms with van der Waals surface area (Å²) in [5, 5.41) is 1.12. The number of aryl methyl sites for hydroxylation is 1. The zero-order valence-corrected chi connectivity index (χ0v) is 12.9. The summed E-state index contributed by atoms with van der Waals surface area (Å²) in [5.74, 6) is 0.961. The number of benzene rings is 1. The highest BCUT2D eigenvalue weighted by atomic mass is 32.2. The Hall–Kier alpha value is -0.880. The molecule has 0 saturated carbocycles. The van der Waals surface area contributed by atoms with Gasteiger partial charge >= 0.3 is 0 Å². The molecule has 1 aromatic heterocycles. The van der Waals surface area contributed by atoms with Crippen molar-refractivity contribution in [2.75, 3.05) is 14.2 Å². The lowest BCUT2D eigenvalue weighted by Gasteiger charge is -2.13. The summed E-state index contributed by atoms with van der Waals surface area (Å²) in [6, 6.07) is 8.27. The molecule has 0 atom stereocenters. The Morgan fingerprint density at radius 1 is 1.21 bits per heavy atom. The maximum Gasteiger partial charge on any atom is 0.183 e. The molecule has 0 aliphatic rings. The fraction of sp³-hybridized carbons (Fsp3) is 0.357. The molecule has 0 radical (unpaired) electrons. The van der Waals surface area contributed by atoms with Gasteiger partial charge in [-0.1, -0.05) is 12.1 Å². The van der Waals surface area contributed by atoms with Crippen LogP contribution in [0.5, 0.6) is 0 Å². The van der Waals surface area contributed by atoms with E-state index in [1.807, 2.05) is 37.0 Å². The number of aromatic nitrogens is 1. The van der Waals surface area contributed by atoms with Gasteiger partial charge in [0.05, 0.1) is 5.01 Å². The van der Waals surface area contributed by atoms with Crippen molar-refractivity contribution in [2.45, 2.75) is 23.9 Å². The Kier molecular flexibility index (Phi) is 5.39. The van der Waals surface area contributed by atoms with E-state index in [0.717, 1.165) is 16.3 Å². The van der Waals surface area contributed by atoms with Crippen LogP contribution >= 0.6 is 23.1 Å². The zero-order valence-electron chi connectivity index (χ0n) is 11.3. The van der Waals surface area contributed by atoms with Gasteiger partial charge in [0.1, 0.15) is 0 Å². The molecule has 19 heavy (non-hydrogen) atoms. The van der Waals surface area contributed by atoms with Crippen LogP contribution in [0.25, 0.3) is 0 Å². The second-order valence-electron chi connectivity index (χ2n) is 4.01. The number of thiazole rings is 1. The summed E-state index contributed by atoms with van der Waals surface area (Å²) in [7, 11) is 3.28. The van der Waals surface area contributed by atoms with Crippen LogP contribution in [-0.2, 0) is 15.2 Å². The van der Waals surface area contributed by atoms with Gasteiger partial charge in [-0.2, -0.15) is 0 Å². The van der Waals surface area contributed by atoms with Crippen molar-refractivity contribution in [3.63, 3.8) is 0 Å². The topological polar surface area (TPSA) is 31.4 Å². The normalized spacial score (nSPS) is 11.2. The average molecular weight is 295 g/mol. The standard InChI is InChI=1S/C14H17NO2S2/c1-10-15-8-13(19-10)9-18-12-6-4-11(5-7-12)14(16-2)17-3/h4-8,14H,9H2,1-3H3. The summed E-state index contributed by atoms with van der Waals surface area (Å²) in [6.45, 7) is 2.03. The van der Waals surface area contributed by atoms with Crippen LogP contribution in [-0.4, -0.2) is 19.2 Å². The molecule has 3 nitrogen and oxygen atoms in total. The summed E-state index contributed by atoms with van der Waals surface area (Å²) in [5.41, 5.74) is 1.03. The Morgan fingerprint density at radius 2 is 1.89 bits per heavy atom. The lowest BCUT2D eigenvalue weighted by molar-refractivity contribution is -0.106. The predicted octanol–water partition coefficient (Wildman–Crippen LogP) is 4.04. The quantitative estimate of drug-likeness (QED) is 0.594. The van der Waals surface area contributed by atoms with Gasteiger partial charge in [0.2, 0.25) is 0 Å². The molecule has 1 aromatic carbocycles. The summed E-state index contributed by atoms with van der Waals surface area (Å²) in [4.78, 5) is 6.80. The van der Waals surface area contributed by atoms with Gasteiger partial charge in [-0.15, -0.1) is 23.1 Å². The number of hydrogen-bond acceptors (Lipinski definition) is 5. The number of hydrogen-bond donors (Lipinski definition) is 0. The van der Waals surface area contributed by atoms with Crippen molar-refractivity contribution >= 4 is 23.1 Å². The number of ether oxygens (including phenoxy) is 2. The molecule has 0 aliphatic carbocycles. The van der Waals surface area contributed by atoms with Crippen LogP contribution in [0.2, 0.25) is 0 Å². The van der Waals surface area contributed by atoms with E-state index in [1.54, 1.807) is 25.6 Å². The molecule has 0 aliphatic heterocycles. The van der Waals surface area contributed by atoms with Crippen LogP contribution in [0.4, 0.5) is 0 Å². The zero-order chi connectivity index (χ0) is 13.7. The highest BCUT2D eigenvalue weighted by Crippen LogP contribution is 2.27. The molecule has 0 spiro atoms. The highest BCUT2D eigenvalue weighted by Gasteiger charge is 2.08. The monoisotopic (exact) mass is 295 g/mol. The molecule has 0 fully saturated rings. The molecule has 0 saturated heterocycles. The molecule has 0 amide bonds. The number of thioether (sulfide) groups is 1. The molecule has 1 heterocycles. The van der Waals surface area contributed by atoms with Gasteiger partial charge in [0, 0.05) is 41.5 Å². The van der Waals surface area contributed by atoms with E-state index in [9.17, 15) is 0 Å². The third-order valence-corrected chi connectivity index (χ3v) is 4.79. The Bertz CT molecular complexity index is 506. The van der Waals surface area contributed by atoms with Crippen LogP contribution in [0.1, 0.15) is 21.7 Å². The molecule has 0 N–H and O–H groups in total. The highest BCUT2D eigenvalue weighted by molar-refractivity contribution is 7.98. The molecule has 2 aromatic rings. The molecule has 0 bridgehead atoms. The van der Waals surface area contributed by atoms with E-state index in [2.05, 4.69) is 17.1 Å². The smallest absolute Gasteiger partial charge is 0.183 e. The predicted molar refractivity (Wildman–Crippen MR) is 79.6 cm³/mol. The van der Waals surface area contributed by atoms with Crippen molar-refractivity contribution in [3.8, 4) is 0 Å². The van der Waals surface area contributed by atoms with E-state index in [0.29, 0.717) is 0 Å². The van der Waals surface area contributed by atoms with Crippen LogP contribution in [0.3, 0.4) is 0 Å². The molecular formula is C14H17NO2S2. The van der Waals surface area contributed by atoms with Crippen LogP contribution in [0.15, 0.2) is 35.4 Å². The van der Waals surface area contributed by atoms with Gasteiger partial charge in [-0.3, -0.25) is 0 Å². The second kappa shape index (κ2) is 7.05. The minimum Gasteiger partial charge on any atom is -0.352 e.